The van der Waals surface area contributed by atoms with E-state index in [0.29, 0.717) is 28.6 Å². The first-order valence-corrected chi connectivity index (χ1v) is 20.0. The Hall–Kier alpha value is -6.38. The van der Waals surface area contributed by atoms with Gasteiger partial charge in [-0.05, 0) is 119 Å². The SMILES string of the molecule is C[C@@H]1C[C@@H]2C[C@H](C)CC(c3ccc(-c4ccc(-c5nc(-c6ccc(C#N)cc6)nc(-n6c7ccccc7c7c(-c8ccccc8)cccc76)n5)cc4)cc3)(C1)C2. The zero-order valence-electron chi connectivity index (χ0n) is 31.9. The summed E-state index contributed by atoms with van der Waals surface area (Å²) < 4.78 is 2.16. The molecule has 2 heterocycles. The molecule has 0 N–H and O–H groups in total. The first kappa shape index (κ1) is 34.1. The molecule has 0 spiro atoms. The predicted molar refractivity (Wildman–Crippen MR) is 227 cm³/mol. The maximum absolute atomic E-state index is 9.50. The lowest BCUT2D eigenvalue weighted by Gasteiger charge is -2.50. The molecule has 56 heavy (non-hydrogen) atoms. The summed E-state index contributed by atoms with van der Waals surface area (Å²) in [5.41, 5.74) is 10.9. The quantitative estimate of drug-likeness (QED) is 0.171. The minimum Gasteiger partial charge on any atom is -0.278 e. The highest BCUT2D eigenvalue weighted by atomic mass is 15.2. The molecule has 0 radical (unpaired) electrons. The van der Waals surface area contributed by atoms with Crippen LogP contribution in [0, 0.1) is 29.1 Å². The predicted octanol–water partition coefficient (Wildman–Crippen LogP) is 12.6. The van der Waals surface area contributed by atoms with Gasteiger partial charge in [0, 0.05) is 21.9 Å². The molecule has 272 valence electrons. The number of benzene rings is 6. The zero-order valence-corrected chi connectivity index (χ0v) is 31.9. The van der Waals surface area contributed by atoms with Gasteiger partial charge < -0.3 is 0 Å². The average Bonchev–Trinajstić information content (AvgIpc) is 3.58. The lowest BCUT2D eigenvalue weighted by atomic mass is 9.54. The Labute approximate surface area is 328 Å². The maximum Gasteiger partial charge on any atom is 0.238 e. The Kier molecular flexibility index (Phi) is 8.37. The van der Waals surface area contributed by atoms with Crippen LogP contribution in [0.5, 0.6) is 0 Å². The van der Waals surface area contributed by atoms with E-state index in [4.69, 9.17) is 15.0 Å². The summed E-state index contributed by atoms with van der Waals surface area (Å²) in [5, 5.41) is 11.8. The molecule has 5 heteroatoms. The summed E-state index contributed by atoms with van der Waals surface area (Å²) in [4.78, 5) is 15.4. The molecule has 1 unspecified atom stereocenters. The molecule has 8 aromatic rings. The molecule has 2 bridgehead atoms. The van der Waals surface area contributed by atoms with E-state index in [1.807, 2.05) is 24.3 Å². The fourth-order valence-electron chi connectivity index (χ4n) is 10.4. The number of hydrogen-bond acceptors (Lipinski definition) is 4. The van der Waals surface area contributed by atoms with Crippen molar-refractivity contribution in [2.75, 3.05) is 0 Å². The highest BCUT2D eigenvalue weighted by Gasteiger charge is 2.45. The number of nitrogens with zero attached hydrogens (tertiary/aromatic N) is 5. The fraction of sp³-hybridized carbons (Fsp3) is 0.216. The number of rotatable bonds is 6. The van der Waals surface area contributed by atoms with E-state index >= 15 is 0 Å². The van der Waals surface area contributed by atoms with Crippen LogP contribution in [0.25, 0.3) is 72.8 Å². The molecule has 2 fully saturated rings. The summed E-state index contributed by atoms with van der Waals surface area (Å²) >= 11 is 0. The first-order chi connectivity index (χ1) is 27.4. The number of nitriles is 1. The second-order valence-electron chi connectivity index (χ2n) is 16.5. The fourth-order valence-corrected chi connectivity index (χ4v) is 10.4. The van der Waals surface area contributed by atoms with Crippen LogP contribution in [0.4, 0.5) is 0 Å². The topological polar surface area (TPSA) is 67.4 Å². The van der Waals surface area contributed by atoms with Gasteiger partial charge in [0.25, 0.3) is 0 Å². The third-order valence-electron chi connectivity index (χ3n) is 12.5. The molecule has 0 aliphatic heterocycles. The van der Waals surface area contributed by atoms with E-state index in [0.717, 1.165) is 61.8 Å². The van der Waals surface area contributed by atoms with Crippen molar-refractivity contribution in [1.82, 2.24) is 19.5 Å². The van der Waals surface area contributed by atoms with Gasteiger partial charge in [0.15, 0.2) is 11.6 Å². The van der Waals surface area contributed by atoms with Crippen LogP contribution in [0.3, 0.4) is 0 Å². The summed E-state index contributed by atoms with van der Waals surface area (Å²) in [6, 6.07) is 53.2. The van der Waals surface area contributed by atoms with E-state index in [2.05, 4.69) is 146 Å². The molecule has 6 aromatic carbocycles. The Balaban J connectivity index is 1.06. The van der Waals surface area contributed by atoms with Crippen molar-refractivity contribution in [3.8, 4) is 57.0 Å². The Morgan fingerprint density at radius 2 is 1.12 bits per heavy atom. The largest absolute Gasteiger partial charge is 0.278 e. The second kappa shape index (κ2) is 13.7. The van der Waals surface area contributed by atoms with Gasteiger partial charge in [0.1, 0.15) is 0 Å². The summed E-state index contributed by atoms with van der Waals surface area (Å²) in [6.45, 7) is 4.92. The molecular formula is C51H43N5. The lowest BCUT2D eigenvalue weighted by molar-refractivity contribution is 0.0780. The van der Waals surface area contributed by atoms with Crippen molar-refractivity contribution in [3.63, 3.8) is 0 Å². The van der Waals surface area contributed by atoms with Crippen LogP contribution >= 0.6 is 0 Å². The molecule has 2 aliphatic carbocycles. The van der Waals surface area contributed by atoms with E-state index in [1.165, 1.54) is 48.8 Å². The third-order valence-corrected chi connectivity index (χ3v) is 12.5. The normalized spacial score (nSPS) is 20.6. The smallest absolute Gasteiger partial charge is 0.238 e. The van der Waals surface area contributed by atoms with E-state index in [1.54, 1.807) is 0 Å². The minimum atomic E-state index is 0.324. The minimum absolute atomic E-state index is 0.324. The maximum atomic E-state index is 9.50. The van der Waals surface area contributed by atoms with Gasteiger partial charge in [-0.15, -0.1) is 0 Å². The van der Waals surface area contributed by atoms with Gasteiger partial charge >= 0.3 is 0 Å². The number of aromatic nitrogens is 4. The Morgan fingerprint density at radius 1 is 0.554 bits per heavy atom. The molecule has 10 rings (SSSR count). The van der Waals surface area contributed by atoms with Crippen molar-refractivity contribution >= 4 is 21.8 Å². The molecule has 2 aliphatic rings. The average molecular weight is 726 g/mol. The monoisotopic (exact) mass is 725 g/mol. The van der Waals surface area contributed by atoms with E-state index in [9.17, 15) is 5.26 Å². The first-order valence-electron chi connectivity index (χ1n) is 20.0. The highest BCUT2D eigenvalue weighted by Crippen LogP contribution is 2.54. The van der Waals surface area contributed by atoms with E-state index < -0.39 is 0 Å². The van der Waals surface area contributed by atoms with Crippen LogP contribution in [-0.2, 0) is 5.41 Å². The number of para-hydroxylation sites is 1. The van der Waals surface area contributed by atoms with Gasteiger partial charge in [-0.2, -0.15) is 15.2 Å². The van der Waals surface area contributed by atoms with Gasteiger partial charge in [-0.1, -0.05) is 123 Å². The number of fused-ring (bicyclic) bond motifs is 5. The van der Waals surface area contributed by atoms with Gasteiger partial charge in [0.2, 0.25) is 5.95 Å². The molecule has 2 saturated carbocycles. The van der Waals surface area contributed by atoms with Crippen molar-refractivity contribution < 1.29 is 0 Å². The highest BCUT2D eigenvalue weighted by molar-refractivity contribution is 6.15. The molecule has 4 atom stereocenters. The van der Waals surface area contributed by atoms with Gasteiger partial charge in [-0.25, -0.2) is 4.98 Å². The van der Waals surface area contributed by atoms with E-state index in [-0.39, 0.29) is 0 Å². The van der Waals surface area contributed by atoms with Crippen LogP contribution in [-0.4, -0.2) is 19.5 Å². The van der Waals surface area contributed by atoms with Crippen molar-refractivity contribution in [3.05, 3.63) is 157 Å². The van der Waals surface area contributed by atoms with Crippen LogP contribution in [0.15, 0.2) is 146 Å². The summed E-state index contributed by atoms with van der Waals surface area (Å²) in [5.74, 6) is 4.14. The van der Waals surface area contributed by atoms with Crippen LogP contribution < -0.4 is 0 Å². The summed E-state index contributed by atoms with van der Waals surface area (Å²) in [6.07, 6.45) is 6.74. The zero-order chi connectivity index (χ0) is 37.8. The van der Waals surface area contributed by atoms with Crippen molar-refractivity contribution in [2.45, 2.75) is 51.4 Å². The summed E-state index contributed by atoms with van der Waals surface area (Å²) in [7, 11) is 0. The number of hydrogen-bond donors (Lipinski definition) is 0. The Morgan fingerprint density at radius 3 is 1.79 bits per heavy atom. The van der Waals surface area contributed by atoms with Crippen LogP contribution in [0.2, 0.25) is 0 Å². The van der Waals surface area contributed by atoms with Gasteiger partial charge in [-0.3, -0.25) is 4.57 Å². The van der Waals surface area contributed by atoms with Gasteiger partial charge in [0.05, 0.1) is 22.7 Å². The second-order valence-corrected chi connectivity index (χ2v) is 16.5. The molecule has 2 aromatic heterocycles. The molecule has 5 nitrogen and oxygen atoms in total. The molecule has 0 saturated heterocycles. The lowest BCUT2D eigenvalue weighted by Crippen LogP contribution is -2.42. The standard InChI is InChI=1S/C51H43N5/c1-33-27-36-28-34(2)30-51(29-33,31-36)42-25-23-38(24-26-42)37-19-21-41(22-20-37)49-53-48(40-17-15-35(32-52)16-18-40)54-50(55-49)56-45-13-7-6-11-44(45)47-43(12-8-14-46(47)56)39-9-4-3-5-10-39/h3-26,33-34,36H,27-31H2,1-2H3/t33-,34+,36-,51?. The van der Waals surface area contributed by atoms with Crippen LogP contribution in [0.1, 0.15) is 57.1 Å². The molecule has 0 amide bonds. The molecular weight excluding hydrogens is 683 g/mol. The van der Waals surface area contributed by atoms with Crippen molar-refractivity contribution in [2.24, 2.45) is 17.8 Å². The Bertz CT molecular complexity index is 2740. The van der Waals surface area contributed by atoms with Crippen molar-refractivity contribution in [1.29, 1.82) is 5.26 Å². The third kappa shape index (κ3) is 5.97.